The lowest BCUT2D eigenvalue weighted by Gasteiger charge is -2.13. The van der Waals surface area contributed by atoms with Gasteiger partial charge in [-0.2, -0.15) is 0 Å². The molecule has 0 atom stereocenters. The highest BCUT2D eigenvalue weighted by atomic mass is 16.5. The fourth-order valence-electron chi connectivity index (χ4n) is 2.96. The second-order valence-corrected chi connectivity index (χ2v) is 6.85. The molecule has 3 aromatic carbocycles. The Kier molecular flexibility index (Phi) is 6.50. The average molecular weight is 361 g/mol. The molecular formula is C24H27NO2. The van der Waals surface area contributed by atoms with Crippen LogP contribution in [0.1, 0.15) is 27.8 Å². The van der Waals surface area contributed by atoms with Crippen LogP contribution < -0.4 is 14.8 Å². The van der Waals surface area contributed by atoms with Gasteiger partial charge < -0.3 is 14.8 Å². The topological polar surface area (TPSA) is 30.5 Å². The first-order valence-corrected chi connectivity index (χ1v) is 9.25. The lowest BCUT2D eigenvalue weighted by atomic mass is 10.1. The van der Waals surface area contributed by atoms with Gasteiger partial charge >= 0.3 is 0 Å². The summed E-state index contributed by atoms with van der Waals surface area (Å²) in [4.78, 5) is 0. The Hall–Kier alpha value is -2.78. The van der Waals surface area contributed by atoms with Crippen LogP contribution in [0.15, 0.2) is 66.7 Å². The minimum Gasteiger partial charge on any atom is -0.493 e. The van der Waals surface area contributed by atoms with Gasteiger partial charge in [0.1, 0.15) is 6.61 Å². The van der Waals surface area contributed by atoms with Crippen LogP contribution in [-0.2, 0) is 19.7 Å². The minimum atomic E-state index is 0.531. The third-order valence-corrected chi connectivity index (χ3v) is 4.48. The third-order valence-electron chi connectivity index (χ3n) is 4.48. The predicted octanol–water partition coefficient (Wildman–Crippen LogP) is 5.18. The van der Waals surface area contributed by atoms with E-state index in [4.69, 9.17) is 9.47 Å². The molecular weight excluding hydrogens is 334 g/mol. The van der Waals surface area contributed by atoms with E-state index in [1.54, 1.807) is 7.11 Å². The van der Waals surface area contributed by atoms with E-state index in [9.17, 15) is 0 Å². The molecule has 0 aliphatic carbocycles. The van der Waals surface area contributed by atoms with Crippen molar-refractivity contribution in [2.45, 2.75) is 33.5 Å². The zero-order valence-electron chi connectivity index (χ0n) is 16.3. The Morgan fingerprint density at radius 3 is 2.19 bits per heavy atom. The van der Waals surface area contributed by atoms with Crippen LogP contribution in [0.2, 0.25) is 0 Å². The van der Waals surface area contributed by atoms with Crippen molar-refractivity contribution >= 4 is 0 Å². The number of nitrogens with one attached hydrogen (secondary N) is 1. The summed E-state index contributed by atoms with van der Waals surface area (Å²) < 4.78 is 11.5. The quantitative estimate of drug-likeness (QED) is 0.599. The molecule has 0 heterocycles. The highest BCUT2D eigenvalue weighted by Gasteiger charge is 2.07. The van der Waals surface area contributed by atoms with E-state index in [0.717, 1.165) is 30.2 Å². The van der Waals surface area contributed by atoms with Crippen LogP contribution in [0.4, 0.5) is 0 Å². The molecule has 0 aromatic heterocycles. The lowest BCUT2D eigenvalue weighted by molar-refractivity contribution is 0.284. The number of aryl methyl sites for hydroxylation is 2. The molecule has 0 aliphatic rings. The summed E-state index contributed by atoms with van der Waals surface area (Å²) in [5.41, 5.74) is 6.12. The van der Waals surface area contributed by atoms with Crippen molar-refractivity contribution in [1.82, 2.24) is 5.32 Å². The minimum absolute atomic E-state index is 0.531. The second kappa shape index (κ2) is 9.24. The van der Waals surface area contributed by atoms with Gasteiger partial charge in [0, 0.05) is 13.1 Å². The highest BCUT2D eigenvalue weighted by molar-refractivity contribution is 5.43. The molecule has 0 radical (unpaired) electrons. The molecule has 140 valence electrons. The van der Waals surface area contributed by atoms with Crippen LogP contribution >= 0.6 is 0 Å². The molecule has 0 fully saturated rings. The molecule has 0 saturated heterocycles. The van der Waals surface area contributed by atoms with Gasteiger partial charge in [0.2, 0.25) is 0 Å². The maximum Gasteiger partial charge on any atom is 0.161 e. The molecule has 3 heteroatoms. The van der Waals surface area contributed by atoms with Gasteiger partial charge in [0.15, 0.2) is 11.5 Å². The summed E-state index contributed by atoms with van der Waals surface area (Å²) in [7, 11) is 1.68. The summed E-state index contributed by atoms with van der Waals surface area (Å²) in [6.07, 6.45) is 0. The number of ether oxygens (including phenoxy) is 2. The summed E-state index contributed by atoms with van der Waals surface area (Å²) in [6, 6.07) is 23.0. The summed E-state index contributed by atoms with van der Waals surface area (Å²) in [5, 5.41) is 3.48. The lowest BCUT2D eigenvalue weighted by Crippen LogP contribution is -2.12. The van der Waals surface area contributed by atoms with Gasteiger partial charge in [0.05, 0.1) is 7.11 Å². The fraction of sp³-hybridized carbons (Fsp3) is 0.250. The first-order chi connectivity index (χ1) is 13.1. The van der Waals surface area contributed by atoms with E-state index in [2.05, 4.69) is 67.7 Å². The first kappa shape index (κ1) is 19.0. The van der Waals surface area contributed by atoms with Crippen molar-refractivity contribution in [1.29, 1.82) is 0 Å². The molecule has 0 spiro atoms. The summed E-state index contributed by atoms with van der Waals surface area (Å²) in [5.74, 6) is 1.53. The van der Waals surface area contributed by atoms with Crippen LogP contribution in [-0.4, -0.2) is 7.11 Å². The maximum absolute atomic E-state index is 5.96. The van der Waals surface area contributed by atoms with Crippen LogP contribution in [0.3, 0.4) is 0 Å². The molecule has 0 amide bonds. The zero-order valence-corrected chi connectivity index (χ0v) is 16.3. The molecule has 3 nitrogen and oxygen atoms in total. The third kappa shape index (κ3) is 5.60. The Balaban J connectivity index is 1.57. The molecule has 1 N–H and O–H groups in total. The standard InChI is InChI=1S/C24H27NO2/c1-18-7-9-20(10-8-18)15-25-16-21-11-12-23(24(14-21)26-3)27-17-22-6-4-5-19(2)13-22/h4-14,25H,15-17H2,1-3H3. The summed E-state index contributed by atoms with van der Waals surface area (Å²) >= 11 is 0. The van der Waals surface area contributed by atoms with Crippen molar-refractivity contribution < 1.29 is 9.47 Å². The van der Waals surface area contributed by atoms with Gasteiger partial charge in [-0.05, 0) is 42.7 Å². The molecule has 0 unspecified atom stereocenters. The Labute approximate surface area is 162 Å². The van der Waals surface area contributed by atoms with Gasteiger partial charge in [-0.3, -0.25) is 0 Å². The fourth-order valence-corrected chi connectivity index (χ4v) is 2.96. The Morgan fingerprint density at radius 1 is 0.704 bits per heavy atom. The van der Waals surface area contributed by atoms with E-state index in [1.807, 2.05) is 18.2 Å². The average Bonchev–Trinajstić information content (AvgIpc) is 2.68. The van der Waals surface area contributed by atoms with E-state index in [-0.39, 0.29) is 0 Å². The van der Waals surface area contributed by atoms with Crippen molar-refractivity contribution in [2.24, 2.45) is 0 Å². The van der Waals surface area contributed by atoms with Crippen molar-refractivity contribution in [3.05, 3.63) is 94.5 Å². The highest BCUT2D eigenvalue weighted by Crippen LogP contribution is 2.29. The molecule has 3 rings (SSSR count). The van der Waals surface area contributed by atoms with Crippen molar-refractivity contribution in [2.75, 3.05) is 7.11 Å². The van der Waals surface area contributed by atoms with Crippen LogP contribution in [0, 0.1) is 13.8 Å². The number of hydrogen-bond acceptors (Lipinski definition) is 3. The van der Waals surface area contributed by atoms with E-state index < -0.39 is 0 Å². The zero-order chi connectivity index (χ0) is 19.1. The van der Waals surface area contributed by atoms with Crippen LogP contribution in [0.5, 0.6) is 11.5 Å². The largest absolute Gasteiger partial charge is 0.493 e. The first-order valence-electron chi connectivity index (χ1n) is 9.25. The van der Waals surface area contributed by atoms with Gasteiger partial charge in [-0.25, -0.2) is 0 Å². The van der Waals surface area contributed by atoms with Crippen LogP contribution in [0.25, 0.3) is 0 Å². The SMILES string of the molecule is COc1cc(CNCc2ccc(C)cc2)ccc1OCc1cccc(C)c1. The Morgan fingerprint density at radius 2 is 1.44 bits per heavy atom. The molecule has 0 saturated carbocycles. The number of rotatable bonds is 8. The molecule has 3 aromatic rings. The van der Waals surface area contributed by atoms with Gasteiger partial charge in [-0.15, -0.1) is 0 Å². The second-order valence-electron chi connectivity index (χ2n) is 6.85. The molecule has 0 aliphatic heterocycles. The predicted molar refractivity (Wildman–Crippen MR) is 110 cm³/mol. The maximum atomic E-state index is 5.96. The van der Waals surface area contributed by atoms with E-state index >= 15 is 0 Å². The van der Waals surface area contributed by atoms with Crippen molar-refractivity contribution in [3.63, 3.8) is 0 Å². The van der Waals surface area contributed by atoms with Gasteiger partial charge in [0.25, 0.3) is 0 Å². The normalized spacial score (nSPS) is 10.6. The number of methoxy groups -OCH3 is 1. The number of hydrogen-bond donors (Lipinski definition) is 1. The van der Waals surface area contributed by atoms with E-state index in [0.29, 0.717) is 6.61 Å². The molecule has 0 bridgehead atoms. The monoisotopic (exact) mass is 361 g/mol. The summed E-state index contributed by atoms with van der Waals surface area (Å²) in [6.45, 7) is 6.34. The van der Waals surface area contributed by atoms with E-state index in [1.165, 1.54) is 22.3 Å². The van der Waals surface area contributed by atoms with Crippen molar-refractivity contribution in [3.8, 4) is 11.5 Å². The number of benzene rings is 3. The Bertz CT molecular complexity index is 872. The van der Waals surface area contributed by atoms with Gasteiger partial charge in [-0.1, -0.05) is 65.7 Å². The smallest absolute Gasteiger partial charge is 0.161 e. The molecule has 27 heavy (non-hydrogen) atoms.